The average Bonchev–Trinajstić information content (AvgIpc) is 3.84. The lowest BCUT2D eigenvalue weighted by molar-refractivity contribution is 0.0484. The maximum atomic E-state index is 11.1. The van der Waals surface area contributed by atoms with Gasteiger partial charge in [0, 0.05) is 18.5 Å². The minimum Gasteiger partial charge on any atom is -0.384 e. The van der Waals surface area contributed by atoms with Crippen molar-refractivity contribution in [2.75, 3.05) is 0 Å². The number of aryl methyl sites for hydroxylation is 1. The molecule has 1 unspecified atom stereocenters. The van der Waals surface area contributed by atoms with E-state index >= 15 is 0 Å². The van der Waals surface area contributed by atoms with E-state index < -0.39 is 11.1 Å². The van der Waals surface area contributed by atoms with Gasteiger partial charge in [0.1, 0.15) is 34.4 Å². The molecular formula is C45H43N7O. The monoisotopic (exact) mass is 697 g/mol. The van der Waals surface area contributed by atoms with Crippen LogP contribution in [0.15, 0.2) is 140 Å². The summed E-state index contributed by atoms with van der Waals surface area (Å²) in [6.45, 7) is 6.26. The average molecular weight is 698 g/mol. The zero-order chi connectivity index (χ0) is 36.8. The molecule has 0 aliphatic heterocycles. The number of unbranched alkanes of at least 4 members (excludes halogenated alkanes) is 1. The van der Waals surface area contributed by atoms with E-state index in [1.165, 1.54) is 0 Å². The number of tetrazole rings is 1. The number of nitrogens with zero attached hydrogens (tertiary/aromatic N) is 7. The highest BCUT2D eigenvalue weighted by Crippen LogP contribution is 2.43. The van der Waals surface area contributed by atoms with Crippen LogP contribution in [0.25, 0.3) is 22.5 Å². The van der Waals surface area contributed by atoms with Gasteiger partial charge in [-0.25, -0.2) is 9.67 Å². The van der Waals surface area contributed by atoms with E-state index in [-0.39, 0.29) is 0 Å². The van der Waals surface area contributed by atoms with Gasteiger partial charge in [-0.2, -0.15) is 5.26 Å². The van der Waals surface area contributed by atoms with Gasteiger partial charge in [-0.15, -0.1) is 5.10 Å². The van der Waals surface area contributed by atoms with Crippen LogP contribution in [0.5, 0.6) is 0 Å². The Hall–Kier alpha value is -6.17. The summed E-state index contributed by atoms with van der Waals surface area (Å²) in [6.07, 6.45) is 3.16. The van der Waals surface area contributed by atoms with Crippen LogP contribution in [-0.4, -0.2) is 34.9 Å². The summed E-state index contributed by atoms with van der Waals surface area (Å²) in [5.41, 5.74) is 5.84. The standard InChI is InChI=1S/C45H43N7O/c1-4-6-26-41-47-42(44(3,53)5-2)40(31-46)51(41)32-33-27-29-34(30-28-33)38-24-16-17-25-39(38)43-48-49-50-52(43)45(35-18-10-7-11-19-35,36-20-12-8-13-21-36)37-22-14-9-15-23-37/h7-25,27-30,53H,4-6,26,32H2,1-3H3. The lowest BCUT2D eigenvalue weighted by Crippen LogP contribution is -2.39. The van der Waals surface area contributed by atoms with Gasteiger partial charge < -0.3 is 9.67 Å². The molecule has 53 heavy (non-hydrogen) atoms. The van der Waals surface area contributed by atoms with E-state index in [1.807, 2.05) is 46.5 Å². The molecule has 0 aliphatic rings. The molecule has 2 heterocycles. The summed E-state index contributed by atoms with van der Waals surface area (Å²) in [4.78, 5) is 4.83. The van der Waals surface area contributed by atoms with Crippen molar-refractivity contribution >= 4 is 0 Å². The van der Waals surface area contributed by atoms with Crippen LogP contribution in [0.1, 0.15) is 79.5 Å². The van der Waals surface area contributed by atoms with Gasteiger partial charge in [-0.1, -0.05) is 160 Å². The Balaban J connectivity index is 1.33. The van der Waals surface area contributed by atoms with Crippen LogP contribution >= 0.6 is 0 Å². The third-order valence-electron chi connectivity index (χ3n) is 10.2. The van der Waals surface area contributed by atoms with E-state index in [1.54, 1.807) is 6.92 Å². The van der Waals surface area contributed by atoms with E-state index in [4.69, 9.17) is 15.3 Å². The molecular weight excluding hydrogens is 655 g/mol. The van der Waals surface area contributed by atoms with E-state index in [0.717, 1.165) is 64.0 Å². The Kier molecular flexibility index (Phi) is 10.1. The molecule has 2 aromatic heterocycles. The molecule has 0 fully saturated rings. The number of rotatable bonds is 13. The van der Waals surface area contributed by atoms with Crippen molar-refractivity contribution in [3.8, 4) is 28.6 Å². The third kappa shape index (κ3) is 6.56. The molecule has 0 spiro atoms. The number of nitriles is 1. The molecule has 0 radical (unpaired) electrons. The van der Waals surface area contributed by atoms with Crippen LogP contribution in [-0.2, 0) is 24.1 Å². The summed E-state index contributed by atoms with van der Waals surface area (Å²) in [5, 5.41) is 35.2. The predicted octanol–water partition coefficient (Wildman–Crippen LogP) is 8.92. The minimum absolute atomic E-state index is 0.419. The van der Waals surface area contributed by atoms with Crippen LogP contribution in [0.3, 0.4) is 0 Å². The fourth-order valence-corrected chi connectivity index (χ4v) is 7.24. The number of aliphatic hydroxyl groups is 1. The quantitative estimate of drug-likeness (QED) is 0.121. The molecule has 7 aromatic rings. The molecule has 1 N–H and O–H groups in total. The molecule has 0 saturated heterocycles. The second-order valence-electron chi connectivity index (χ2n) is 13.6. The Morgan fingerprint density at radius 1 is 0.717 bits per heavy atom. The zero-order valence-corrected chi connectivity index (χ0v) is 30.4. The predicted molar refractivity (Wildman–Crippen MR) is 208 cm³/mol. The molecule has 264 valence electrons. The van der Waals surface area contributed by atoms with Crippen molar-refractivity contribution in [2.24, 2.45) is 0 Å². The fourth-order valence-electron chi connectivity index (χ4n) is 7.24. The van der Waals surface area contributed by atoms with Crippen molar-refractivity contribution in [1.82, 2.24) is 29.8 Å². The van der Waals surface area contributed by atoms with Gasteiger partial charge in [0.05, 0.1) is 0 Å². The summed E-state index contributed by atoms with van der Waals surface area (Å²) in [6, 6.07) is 50.2. The lowest BCUT2D eigenvalue weighted by Gasteiger charge is -2.36. The van der Waals surface area contributed by atoms with Crippen LogP contribution in [0.4, 0.5) is 0 Å². The Morgan fingerprint density at radius 3 is 1.79 bits per heavy atom. The van der Waals surface area contributed by atoms with E-state index in [0.29, 0.717) is 30.2 Å². The summed E-state index contributed by atoms with van der Waals surface area (Å²) >= 11 is 0. The second-order valence-corrected chi connectivity index (χ2v) is 13.6. The number of hydrogen-bond donors (Lipinski definition) is 1. The highest BCUT2D eigenvalue weighted by molar-refractivity contribution is 5.81. The molecule has 0 bridgehead atoms. The van der Waals surface area contributed by atoms with Gasteiger partial charge in [-0.05, 0) is 63.6 Å². The molecule has 8 nitrogen and oxygen atoms in total. The first-order valence-electron chi connectivity index (χ1n) is 18.3. The summed E-state index contributed by atoms with van der Waals surface area (Å²) in [5.74, 6) is 1.46. The van der Waals surface area contributed by atoms with Crippen molar-refractivity contribution < 1.29 is 5.11 Å². The Bertz CT molecular complexity index is 2220. The van der Waals surface area contributed by atoms with Gasteiger partial charge in [0.2, 0.25) is 0 Å². The first-order chi connectivity index (χ1) is 25.9. The van der Waals surface area contributed by atoms with Gasteiger partial charge in [0.15, 0.2) is 5.82 Å². The maximum Gasteiger partial charge on any atom is 0.184 e. The van der Waals surface area contributed by atoms with Crippen molar-refractivity contribution in [2.45, 2.75) is 64.1 Å². The highest BCUT2D eigenvalue weighted by atomic mass is 16.3. The SMILES string of the molecule is CCCCc1nc(C(C)(O)CC)c(C#N)n1Cc1ccc(-c2ccccc2-c2nnnn2C(c2ccccc2)(c2ccccc2)c2ccccc2)cc1. The number of imidazole rings is 1. The van der Waals surface area contributed by atoms with Crippen molar-refractivity contribution in [3.05, 3.63) is 179 Å². The van der Waals surface area contributed by atoms with Crippen LogP contribution in [0, 0.1) is 11.3 Å². The van der Waals surface area contributed by atoms with Gasteiger partial charge in [0.25, 0.3) is 0 Å². The molecule has 5 aromatic carbocycles. The summed E-state index contributed by atoms with van der Waals surface area (Å²) in [7, 11) is 0. The van der Waals surface area contributed by atoms with Crippen LogP contribution < -0.4 is 0 Å². The molecule has 7 rings (SSSR count). The lowest BCUT2D eigenvalue weighted by atomic mass is 9.77. The summed E-state index contributed by atoms with van der Waals surface area (Å²) < 4.78 is 3.94. The number of aromatic nitrogens is 6. The smallest absolute Gasteiger partial charge is 0.184 e. The molecule has 8 heteroatoms. The first kappa shape index (κ1) is 35.2. The minimum atomic E-state index is -1.18. The number of hydrogen-bond acceptors (Lipinski definition) is 6. The van der Waals surface area contributed by atoms with Crippen molar-refractivity contribution in [1.29, 1.82) is 5.26 Å². The fraction of sp³-hybridized carbons (Fsp3) is 0.222. The Morgan fingerprint density at radius 2 is 1.26 bits per heavy atom. The topological polar surface area (TPSA) is 105 Å². The normalized spacial score (nSPS) is 12.7. The Labute approximate surface area is 311 Å². The highest BCUT2D eigenvalue weighted by Gasteiger charge is 2.42. The third-order valence-corrected chi connectivity index (χ3v) is 10.2. The molecule has 1 atom stereocenters. The zero-order valence-electron chi connectivity index (χ0n) is 30.4. The number of benzene rings is 5. The van der Waals surface area contributed by atoms with Crippen molar-refractivity contribution in [3.63, 3.8) is 0 Å². The van der Waals surface area contributed by atoms with E-state index in [2.05, 4.69) is 127 Å². The molecule has 0 saturated carbocycles. The first-order valence-corrected chi connectivity index (χ1v) is 18.3. The maximum absolute atomic E-state index is 11.1. The second kappa shape index (κ2) is 15.2. The van der Waals surface area contributed by atoms with E-state index in [9.17, 15) is 10.4 Å². The molecule has 0 amide bonds. The molecule has 0 aliphatic carbocycles. The largest absolute Gasteiger partial charge is 0.384 e. The van der Waals surface area contributed by atoms with Gasteiger partial charge in [-0.3, -0.25) is 0 Å². The van der Waals surface area contributed by atoms with Gasteiger partial charge >= 0.3 is 0 Å². The van der Waals surface area contributed by atoms with Crippen LogP contribution in [0.2, 0.25) is 0 Å².